The molecule has 3 rings (SSSR count). The first-order chi connectivity index (χ1) is 15.1. The number of carbonyl (C=O) groups excluding carboxylic acids is 2. The number of hydrogen-bond acceptors (Lipinski definition) is 5. The second-order valence-electron chi connectivity index (χ2n) is 7.53. The Morgan fingerprint density at radius 3 is 2.45 bits per heavy atom. The summed E-state index contributed by atoms with van der Waals surface area (Å²) in [6.45, 7) is 3.37. The first-order valence-corrected chi connectivity index (χ1v) is 11.0. The van der Waals surface area contributed by atoms with Gasteiger partial charge in [-0.15, -0.1) is 0 Å². The summed E-state index contributed by atoms with van der Waals surface area (Å²) in [7, 11) is 1.38. The standard InChI is InChI=1S/C24H29ClN2O4/c1-30-24(29)12-5-4-11-23(28)27-15-13-26(14-16-27)20-8-6-9-21(17-20)31-18-19-7-2-3-10-22(19)25/h2-3,6-10,17H,4-5,11-16,18H2,1H3. The number of esters is 1. The van der Waals surface area contributed by atoms with Crippen LogP contribution < -0.4 is 9.64 Å². The van der Waals surface area contributed by atoms with Crippen LogP contribution in [0.5, 0.6) is 5.75 Å². The van der Waals surface area contributed by atoms with E-state index < -0.39 is 0 Å². The highest BCUT2D eigenvalue weighted by molar-refractivity contribution is 6.31. The van der Waals surface area contributed by atoms with Crippen molar-refractivity contribution in [1.29, 1.82) is 0 Å². The molecule has 0 N–H and O–H groups in total. The lowest BCUT2D eigenvalue weighted by Gasteiger charge is -2.36. The Kier molecular flexibility index (Phi) is 8.59. The van der Waals surface area contributed by atoms with Gasteiger partial charge in [0.25, 0.3) is 0 Å². The summed E-state index contributed by atoms with van der Waals surface area (Å²) in [4.78, 5) is 27.7. The predicted octanol–water partition coefficient (Wildman–Crippen LogP) is 4.30. The fourth-order valence-corrected chi connectivity index (χ4v) is 3.76. The van der Waals surface area contributed by atoms with Crippen molar-refractivity contribution >= 4 is 29.2 Å². The van der Waals surface area contributed by atoms with Gasteiger partial charge in [-0.05, 0) is 31.0 Å². The maximum absolute atomic E-state index is 12.4. The van der Waals surface area contributed by atoms with Crippen LogP contribution in [-0.2, 0) is 20.9 Å². The minimum atomic E-state index is -0.223. The molecule has 6 nitrogen and oxygen atoms in total. The molecule has 1 saturated heterocycles. The zero-order valence-corrected chi connectivity index (χ0v) is 18.6. The second kappa shape index (κ2) is 11.6. The number of carbonyl (C=O) groups is 2. The molecule has 0 radical (unpaired) electrons. The zero-order chi connectivity index (χ0) is 22.1. The first-order valence-electron chi connectivity index (χ1n) is 10.6. The highest BCUT2D eigenvalue weighted by Gasteiger charge is 2.21. The minimum Gasteiger partial charge on any atom is -0.489 e. The Bertz CT molecular complexity index is 881. The van der Waals surface area contributed by atoms with Crippen molar-refractivity contribution in [3.05, 3.63) is 59.1 Å². The molecular formula is C24H29ClN2O4. The number of rotatable bonds is 9. The van der Waals surface area contributed by atoms with E-state index in [2.05, 4.69) is 15.7 Å². The van der Waals surface area contributed by atoms with Crippen LogP contribution in [0.1, 0.15) is 31.2 Å². The molecule has 166 valence electrons. The molecule has 1 aliphatic heterocycles. The van der Waals surface area contributed by atoms with Crippen molar-refractivity contribution in [3.63, 3.8) is 0 Å². The van der Waals surface area contributed by atoms with Crippen molar-refractivity contribution in [1.82, 2.24) is 4.90 Å². The number of benzene rings is 2. The van der Waals surface area contributed by atoms with E-state index in [1.165, 1.54) is 7.11 Å². The number of unbranched alkanes of at least 4 members (excludes halogenated alkanes) is 1. The van der Waals surface area contributed by atoms with E-state index in [9.17, 15) is 9.59 Å². The highest BCUT2D eigenvalue weighted by Crippen LogP contribution is 2.24. The molecule has 1 fully saturated rings. The van der Waals surface area contributed by atoms with Crippen LogP contribution in [0, 0.1) is 0 Å². The fraction of sp³-hybridized carbons (Fsp3) is 0.417. The summed E-state index contributed by atoms with van der Waals surface area (Å²) in [6.07, 6.45) is 2.23. The summed E-state index contributed by atoms with van der Waals surface area (Å²) >= 11 is 6.20. The minimum absolute atomic E-state index is 0.154. The number of amides is 1. The van der Waals surface area contributed by atoms with Crippen molar-refractivity contribution in [2.24, 2.45) is 0 Å². The number of anilines is 1. The number of piperazine rings is 1. The summed E-state index contributed by atoms with van der Waals surface area (Å²) in [5.41, 5.74) is 2.04. The van der Waals surface area contributed by atoms with E-state index in [0.717, 1.165) is 30.1 Å². The maximum Gasteiger partial charge on any atom is 0.305 e. The van der Waals surface area contributed by atoms with Gasteiger partial charge in [0, 0.05) is 61.4 Å². The predicted molar refractivity (Wildman–Crippen MR) is 122 cm³/mol. The van der Waals surface area contributed by atoms with Crippen molar-refractivity contribution in [3.8, 4) is 5.75 Å². The normalized spacial score (nSPS) is 13.7. The van der Waals surface area contributed by atoms with Gasteiger partial charge in [0.2, 0.25) is 5.91 Å². The monoisotopic (exact) mass is 444 g/mol. The Hall–Kier alpha value is -2.73. The molecule has 0 aromatic heterocycles. The third kappa shape index (κ3) is 6.89. The Morgan fingerprint density at radius 1 is 0.968 bits per heavy atom. The molecule has 1 aliphatic rings. The van der Waals surface area contributed by atoms with Gasteiger partial charge in [-0.3, -0.25) is 9.59 Å². The smallest absolute Gasteiger partial charge is 0.305 e. The first kappa shape index (κ1) is 22.9. The molecule has 0 unspecified atom stereocenters. The summed E-state index contributed by atoms with van der Waals surface area (Å²) in [5.74, 6) is 0.724. The quantitative estimate of drug-likeness (QED) is 0.426. The third-order valence-electron chi connectivity index (χ3n) is 5.42. The molecule has 0 aliphatic carbocycles. The Balaban J connectivity index is 1.45. The topological polar surface area (TPSA) is 59.1 Å². The molecule has 0 bridgehead atoms. The van der Waals surface area contributed by atoms with E-state index in [4.69, 9.17) is 16.3 Å². The lowest BCUT2D eigenvalue weighted by Crippen LogP contribution is -2.48. The number of hydrogen-bond donors (Lipinski definition) is 0. The van der Waals surface area contributed by atoms with Crippen LogP contribution in [0.25, 0.3) is 0 Å². The molecule has 1 heterocycles. The van der Waals surface area contributed by atoms with Gasteiger partial charge in [0.15, 0.2) is 0 Å². The van der Waals surface area contributed by atoms with Gasteiger partial charge >= 0.3 is 5.97 Å². The van der Waals surface area contributed by atoms with Crippen LogP contribution in [-0.4, -0.2) is 50.1 Å². The van der Waals surface area contributed by atoms with E-state index in [1.54, 1.807) is 0 Å². The molecule has 2 aromatic carbocycles. The van der Waals surface area contributed by atoms with Crippen LogP contribution in [0.15, 0.2) is 48.5 Å². The molecule has 7 heteroatoms. The lowest BCUT2D eigenvalue weighted by molar-refractivity contribution is -0.141. The third-order valence-corrected chi connectivity index (χ3v) is 5.79. The second-order valence-corrected chi connectivity index (χ2v) is 7.94. The average molecular weight is 445 g/mol. The summed E-state index contributed by atoms with van der Waals surface area (Å²) in [5, 5.41) is 0.699. The average Bonchev–Trinajstić information content (AvgIpc) is 2.81. The largest absolute Gasteiger partial charge is 0.489 e. The van der Waals surface area contributed by atoms with E-state index in [-0.39, 0.29) is 11.9 Å². The number of nitrogens with zero attached hydrogens (tertiary/aromatic N) is 2. The Labute approximate surface area is 188 Å². The molecule has 0 atom stereocenters. The van der Waals surface area contributed by atoms with E-state index >= 15 is 0 Å². The SMILES string of the molecule is COC(=O)CCCCC(=O)N1CCN(c2cccc(OCc3ccccc3Cl)c2)CC1. The zero-order valence-electron chi connectivity index (χ0n) is 17.9. The van der Waals surface area contributed by atoms with Gasteiger partial charge in [-0.1, -0.05) is 35.9 Å². The molecule has 31 heavy (non-hydrogen) atoms. The van der Waals surface area contributed by atoms with Gasteiger partial charge < -0.3 is 19.3 Å². The number of halogens is 1. The van der Waals surface area contributed by atoms with Crippen LogP contribution >= 0.6 is 11.6 Å². The Morgan fingerprint density at radius 2 is 1.71 bits per heavy atom. The highest BCUT2D eigenvalue weighted by atomic mass is 35.5. The van der Waals surface area contributed by atoms with Crippen LogP contribution in [0.2, 0.25) is 5.02 Å². The van der Waals surface area contributed by atoms with Crippen LogP contribution in [0.4, 0.5) is 5.69 Å². The summed E-state index contributed by atoms with van der Waals surface area (Å²) < 4.78 is 10.6. The molecule has 0 saturated carbocycles. The van der Waals surface area contributed by atoms with E-state index in [0.29, 0.717) is 50.4 Å². The van der Waals surface area contributed by atoms with Gasteiger partial charge in [0.1, 0.15) is 12.4 Å². The van der Waals surface area contributed by atoms with Gasteiger partial charge in [-0.25, -0.2) is 0 Å². The summed E-state index contributed by atoms with van der Waals surface area (Å²) in [6, 6.07) is 15.7. The van der Waals surface area contributed by atoms with Crippen molar-refractivity contribution in [2.75, 3.05) is 38.2 Å². The van der Waals surface area contributed by atoms with Crippen LogP contribution in [0.3, 0.4) is 0 Å². The number of ether oxygens (including phenoxy) is 2. The molecule has 0 spiro atoms. The molecule has 1 amide bonds. The molecule has 2 aromatic rings. The molecular weight excluding hydrogens is 416 g/mol. The van der Waals surface area contributed by atoms with Crippen molar-refractivity contribution < 1.29 is 19.1 Å². The van der Waals surface area contributed by atoms with E-state index in [1.807, 2.05) is 47.4 Å². The maximum atomic E-state index is 12.4. The van der Waals surface area contributed by atoms with Gasteiger partial charge in [-0.2, -0.15) is 0 Å². The van der Waals surface area contributed by atoms with Crippen molar-refractivity contribution in [2.45, 2.75) is 32.3 Å². The lowest BCUT2D eigenvalue weighted by atomic mass is 10.1. The number of methoxy groups -OCH3 is 1. The fourth-order valence-electron chi connectivity index (χ4n) is 3.57. The van der Waals surface area contributed by atoms with Gasteiger partial charge in [0.05, 0.1) is 7.11 Å².